The number of amides is 3. The number of fused-ring (bicyclic) bond motifs is 1. The van der Waals surface area contributed by atoms with Gasteiger partial charge in [0.1, 0.15) is 5.82 Å². The number of rotatable bonds is 3. The molecule has 2 N–H and O–H groups in total. The van der Waals surface area contributed by atoms with E-state index < -0.39 is 0 Å². The van der Waals surface area contributed by atoms with Crippen molar-refractivity contribution >= 4 is 23.0 Å². The van der Waals surface area contributed by atoms with Gasteiger partial charge in [0.2, 0.25) is 5.91 Å². The maximum atomic E-state index is 13.2. The number of aromatic nitrogens is 3. The van der Waals surface area contributed by atoms with Gasteiger partial charge in [-0.3, -0.25) is 9.78 Å². The molecule has 3 fully saturated rings. The Morgan fingerprint density at radius 1 is 1.00 bits per heavy atom. The number of likely N-dealkylation sites (tertiary alicyclic amines) is 2. The summed E-state index contributed by atoms with van der Waals surface area (Å²) >= 11 is 0. The fraction of sp³-hybridized carbons (Fsp3) is 0.652. The van der Waals surface area contributed by atoms with Crippen LogP contribution in [0, 0.1) is 5.92 Å². The number of aromatic amines is 1. The highest BCUT2D eigenvalue weighted by molar-refractivity contribution is 5.80. The second-order valence-electron chi connectivity index (χ2n) is 9.33. The third-order valence-electron chi connectivity index (χ3n) is 7.24. The Morgan fingerprint density at radius 2 is 1.81 bits per heavy atom. The molecule has 1 aliphatic carbocycles. The number of urea groups is 1. The van der Waals surface area contributed by atoms with Crippen LogP contribution in [0.1, 0.15) is 63.1 Å². The summed E-state index contributed by atoms with van der Waals surface area (Å²) in [6, 6.07) is 2.30. The summed E-state index contributed by atoms with van der Waals surface area (Å²) in [5, 5.41) is 3.17. The highest BCUT2D eigenvalue weighted by Crippen LogP contribution is 2.29. The average Bonchev–Trinajstić information content (AvgIpc) is 3.48. The van der Waals surface area contributed by atoms with E-state index in [1.165, 1.54) is 12.8 Å². The van der Waals surface area contributed by atoms with Crippen molar-refractivity contribution in [2.24, 2.45) is 5.92 Å². The van der Waals surface area contributed by atoms with Crippen LogP contribution in [-0.4, -0.2) is 68.9 Å². The van der Waals surface area contributed by atoms with Gasteiger partial charge in [-0.15, -0.1) is 0 Å². The number of carbonyl (C=O) groups excluding carboxylic acids is 2. The largest absolute Gasteiger partial charge is 0.342 e. The van der Waals surface area contributed by atoms with Crippen LogP contribution < -0.4 is 5.32 Å². The standard InChI is InChI=1S/C23H32N6O2/c30-22(16-8-12-28(13-9-16)23(31)25-18-5-1-2-6-18)29-11-3-4-17(15-29)21-26-19-7-10-24-14-20(19)27-21/h7,10,14,16-18H,1-6,8-9,11-13,15H2,(H,25,31)(H,26,27). The minimum Gasteiger partial charge on any atom is -0.342 e. The molecule has 2 saturated heterocycles. The first kappa shape index (κ1) is 20.3. The molecule has 0 aromatic carbocycles. The SMILES string of the molecule is O=C(NC1CCCC1)N1CCC(C(=O)N2CCCC(c3nc4ccncc4[nH]3)C2)CC1. The molecule has 0 radical (unpaired) electrons. The summed E-state index contributed by atoms with van der Waals surface area (Å²) in [4.78, 5) is 41.9. The van der Waals surface area contributed by atoms with Gasteiger partial charge in [-0.1, -0.05) is 12.8 Å². The van der Waals surface area contributed by atoms with Gasteiger partial charge in [0.05, 0.1) is 17.2 Å². The molecule has 8 heteroatoms. The number of hydrogen-bond acceptors (Lipinski definition) is 4. The van der Waals surface area contributed by atoms with Gasteiger partial charge in [0.15, 0.2) is 0 Å². The van der Waals surface area contributed by atoms with E-state index in [1.807, 2.05) is 15.9 Å². The zero-order chi connectivity index (χ0) is 21.2. The zero-order valence-corrected chi connectivity index (χ0v) is 18.1. The van der Waals surface area contributed by atoms with Crippen LogP contribution in [0.4, 0.5) is 4.79 Å². The Bertz CT molecular complexity index is 896. The molecule has 3 aliphatic rings. The Morgan fingerprint density at radius 3 is 2.58 bits per heavy atom. The molecule has 2 aromatic rings. The predicted molar refractivity (Wildman–Crippen MR) is 118 cm³/mol. The van der Waals surface area contributed by atoms with E-state index in [2.05, 4.69) is 15.3 Å². The third kappa shape index (κ3) is 4.38. The first-order valence-corrected chi connectivity index (χ1v) is 11.8. The van der Waals surface area contributed by atoms with E-state index in [4.69, 9.17) is 4.98 Å². The molecule has 8 nitrogen and oxygen atoms in total. The van der Waals surface area contributed by atoms with Crippen molar-refractivity contribution in [2.45, 2.75) is 63.3 Å². The Labute approximate surface area is 182 Å². The topological polar surface area (TPSA) is 94.2 Å². The summed E-state index contributed by atoms with van der Waals surface area (Å²) in [6.07, 6.45) is 11.7. The fourth-order valence-electron chi connectivity index (χ4n) is 5.39. The van der Waals surface area contributed by atoms with Gasteiger partial charge in [0.25, 0.3) is 0 Å². The summed E-state index contributed by atoms with van der Waals surface area (Å²) in [7, 11) is 0. The Balaban J connectivity index is 1.15. The van der Waals surface area contributed by atoms with Crippen molar-refractivity contribution in [3.05, 3.63) is 24.3 Å². The molecular weight excluding hydrogens is 392 g/mol. The van der Waals surface area contributed by atoms with Gasteiger partial charge in [-0.2, -0.15) is 0 Å². The van der Waals surface area contributed by atoms with Crippen molar-refractivity contribution in [3.63, 3.8) is 0 Å². The lowest BCUT2D eigenvalue weighted by atomic mass is 9.92. The van der Waals surface area contributed by atoms with Crippen molar-refractivity contribution in [1.29, 1.82) is 0 Å². The van der Waals surface area contributed by atoms with E-state index in [-0.39, 0.29) is 23.8 Å². The molecule has 1 atom stereocenters. The molecule has 2 aliphatic heterocycles. The molecule has 4 heterocycles. The number of hydrogen-bond donors (Lipinski definition) is 2. The highest BCUT2D eigenvalue weighted by atomic mass is 16.2. The first-order valence-electron chi connectivity index (χ1n) is 11.8. The number of piperidine rings is 2. The summed E-state index contributed by atoms with van der Waals surface area (Å²) in [6.45, 7) is 2.87. The molecular formula is C23H32N6O2. The number of carbonyl (C=O) groups is 2. The van der Waals surface area contributed by atoms with Gasteiger partial charge in [-0.05, 0) is 44.6 Å². The summed E-state index contributed by atoms with van der Waals surface area (Å²) < 4.78 is 0. The number of nitrogens with one attached hydrogen (secondary N) is 2. The smallest absolute Gasteiger partial charge is 0.317 e. The third-order valence-corrected chi connectivity index (χ3v) is 7.24. The van der Waals surface area contributed by atoms with Gasteiger partial charge in [0, 0.05) is 50.3 Å². The second kappa shape index (κ2) is 8.85. The van der Waals surface area contributed by atoms with Crippen molar-refractivity contribution in [3.8, 4) is 0 Å². The minimum atomic E-state index is 0.0224. The minimum absolute atomic E-state index is 0.0224. The summed E-state index contributed by atoms with van der Waals surface area (Å²) in [5.74, 6) is 1.47. The maximum absolute atomic E-state index is 13.2. The van der Waals surface area contributed by atoms with Crippen LogP contribution in [0.25, 0.3) is 11.0 Å². The lowest BCUT2D eigenvalue weighted by Gasteiger charge is -2.37. The zero-order valence-electron chi connectivity index (χ0n) is 18.1. The predicted octanol–water partition coefficient (Wildman–Crippen LogP) is 3.03. The van der Waals surface area contributed by atoms with E-state index >= 15 is 0 Å². The van der Waals surface area contributed by atoms with E-state index in [0.717, 1.165) is 61.9 Å². The normalized spacial score (nSPS) is 23.4. The Kier molecular flexibility index (Phi) is 5.78. The van der Waals surface area contributed by atoms with Gasteiger partial charge < -0.3 is 20.1 Å². The fourth-order valence-corrected chi connectivity index (χ4v) is 5.39. The lowest BCUT2D eigenvalue weighted by Crippen LogP contribution is -2.50. The number of H-pyrrole nitrogens is 1. The number of nitrogens with zero attached hydrogens (tertiary/aromatic N) is 4. The lowest BCUT2D eigenvalue weighted by molar-refractivity contribution is -0.138. The molecule has 31 heavy (non-hydrogen) atoms. The van der Waals surface area contributed by atoms with Crippen LogP contribution in [0.5, 0.6) is 0 Å². The van der Waals surface area contributed by atoms with E-state index in [1.54, 1.807) is 12.4 Å². The van der Waals surface area contributed by atoms with Crippen molar-refractivity contribution in [2.75, 3.05) is 26.2 Å². The second-order valence-corrected chi connectivity index (χ2v) is 9.33. The molecule has 1 saturated carbocycles. The van der Waals surface area contributed by atoms with Crippen molar-refractivity contribution < 1.29 is 9.59 Å². The van der Waals surface area contributed by atoms with Crippen LogP contribution >= 0.6 is 0 Å². The molecule has 5 rings (SSSR count). The van der Waals surface area contributed by atoms with Crippen LogP contribution in [0.15, 0.2) is 18.5 Å². The maximum Gasteiger partial charge on any atom is 0.317 e. The van der Waals surface area contributed by atoms with E-state index in [0.29, 0.717) is 25.7 Å². The van der Waals surface area contributed by atoms with Crippen LogP contribution in [0.2, 0.25) is 0 Å². The molecule has 3 amide bonds. The average molecular weight is 425 g/mol. The monoisotopic (exact) mass is 424 g/mol. The quantitative estimate of drug-likeness (QED) is 0.792. The van der Waals surface area contributed by atoms with Gasteiger partial charge in [-0.25, -0.2) is 9.78 Å². The number of imidazole rings is 1. The molecule has 0 spiro atoms. The van der Waals surface area contributed by atoms with Crippen molar-refractivity contribution in [1.82, 2.24) is 30.1 Å². The Hall–Kier alpha value is -2.64. The molecule has 166 valence electrons. The first-order chi connectivity index (χ1) is 15.2. The van der Waals surface area contributed by atoms with Crippen LogP contribution in [0.3, 0.4) is 0 Å². The molecule has 0 bridgehead atoms. The molecule has 2 aromatic heterocycles. The van der Waals surface area contributed by atoms with E-state index in [9.17, 15) is 9.59 Å². The summed E-state index contributed by atoms with van der Waals surface area (Å²) in [5.41, 5.74) is 1.88. The highest BCUT2D eigenvalue weighted by Gasteiger charge is 2.34. The van der Waals surface area contributed by atoms with Crippen LogP contribution in [-0.2, 0) is 4.79 Å². The number of pyridine rings is 1. The van der Waals surface area contributed by atoms with Gasteiger partial charge >= 0.3 is 6.03 Å². The molecule has 1 unspecified atom stereocenters.